The van der Waals surface area contributed by atoms with Gasteiger partial charge in [0.1, 0.15) is 6.10 Å². The van der Waals surface area contributed by atoms with E-state index in [1.165, 1.54) is 0 Å². The highest BCUT2D eigenvalue weighted by molar-refractivity contribution is 9.10. The van der Waals surface area contributed by atoms with E-state index < -0.39 is 17.4 Å². The first-order valence-corrected chi connectivity index (χ1v) is 6.77. The lowest BCUT2D eigenvalue weighted by molar-refractivity contribution is -0.127. The summed E-state index contributed by atoms with van der Waals surface area (Å²) in [6.45, 7) is -0.146. The summed E-state index contributed by atoms with van der Waals surface area (Å²) in [6.07, 6.45) is 0.199. The number of hydrogen-bond acceptors (Lipinski definition) is 3. The van der Waals surface area contributed by atoms with Gasteiger partial charge in [-0.1, -0.05) is 28.1 Å². The van der Waals surface area contributed by atoms with Crippen molar-refractivity contribution in [1.82, 2.24) is 5.32 Å². The van der Waals surface area contributed by atoms with Crippen LogP contribution in [0.4, 0.5) is 0 Å². The quantitative estimate of drug-likeness (QED) is 0.733. The Morgan fingerprint density at radius 3 is 2.42 bits per heavy atom. The maximum absolute atomic E-state index is 12.2. The topological polar surface area (TPSA) is 92.4 Å². The standard InChI is InChI=1S/C13H15BrN2O3/c14-9-3-1-8(2-4-9)13(5-6-13)12(19)16-7-10(17)11(15)18/h1-4,10,17H,5-7H2,(H2,15,18)(H,16,19). The number of primary amides is 1. The Kier molecular flexibility index (Phi) is 3.91. The number of benzene rings is 1. The molecule has 1 fully saturated rings. The van der Waals surface area contributed by atoms with Crippen LogP contribution >= 0.6 is 15.9 Å². The van der Waals surface area contributed by atoms with Crippen LogP contribution in [0.1, 0.15) is 18.4 Å². The fourth-order valence-electron chi connectivity index (χ4n) is 2.00. The van der Waals surface area contributed by atoms with Crippen molar-refractivity contribution < 1.29 is 14.7 Å². The number of hydrogen-bond donors (Lipinski definition) is 3. The SMILES string of the molecule is NC(=O)C(O)CNC(=O)C1(c2ccc(Br)cc2)CC1. The lowest BCUT2D eigenvalue weighted by Gasteiger charge is -2.17. The van der Waals surface area contributed by atoms with Gasteiger partial charge in [0.15, 0.2) is 0 Å². The summed E-state index contributed by atoms with van der Waals surface area (Å²) in [4.78, 5) is 22.9. The molecular formula is C13H15BrN2O3. The van der Waals surface area contributed by atoms with Crippen molar-refractivity contribution in [2.45, 2.75) is 24.4 Å². The highest BCUT2D eigenvalue weighted by Gasteiger charge is 2.51. The van der Waals surface area contributed by atoms with Gasteiger partial charge in [0.25, 0.3) is 0 Å². The summed E-state index contributed by atoms with van der Waals surface area (Å²) in [5.41, 5.74) is 5.36. The summed E-state index contributed by atoms with van der Waals surface area (Å²) in [5, 5.41) is 11.9. The van der Waals surface area contributed by atoms with Gasteiger partial charge in [0.05, 0.1) is 12.0 Å². The lowest BCUT2D eigenvalue weighted by Crippen LogP contribution is -2.43. The van der Waals surface area contributed by atoms with Gasteiger partial charge >= 0.3 is 0 Å². The average molecular weight is 327 g/mol. The molecule has 19 heavy (non-hydrogen) atoms. The van der Waals surface area contributed by atoms with Crippen LogP contribution in [-0.2, 0) is 15.0 Å². The van der Waals surface area contributed by atoms with Crippen molar-refractivity contribution in [2.75, 3.05) is 6.54 Å². The van der Waals surface area contributed by atoms with Crippen LogP contribution in [0.3, 0.4) is 0 Å². The highest BCUT2D eigenvalue weighted by Crippen LogP contribution is 2.48. The summed E-state index contributed by atoms with van der Waals surface area (Å²) in [5.74, 6) is -1.01. The Balaban J connectivity index is 2.02. The second kappa shape index (κ2) is 5.30. The van der Waals surface area contributed by atoms with Crippen LogP contribution < -0.4 is 11.1 Å². The molecule has 0 heterocycles. The largest absolute Gasteiger partial charge is 0.381 e. The molecule has 0 aromatic heterocycles. The van der Waals surface area contributed by atoms with Gasteiger partial charge in [0.2, 0.25) is 11.8 Å². The van der Waals surface area contributed by atoms with Crippen molar-refractivity contribution in [3.05, 3.63) is 34.3 Å². The van der Waals surface area contributed by atoms with Crippen molar-refractivity contribution in [3.63, 3.8) is 0 Å². The first kappa shape index (κ1) is 14.0. The van der Waals surface area contributed by atoms with Crippen LogP contribution in [0.25, 0.3) is 0 Å². The number of aliphatic hydroxyl groups excluding tert-OH is 1. The molecule has 0 saturated heterocycles. The van der Waals surface area contributed by atoms with Crippen LogP contribution in [0.15, 0.2) is 28.7 Å². The molecule has 2 rings (SSSR count). The Hall–Kier alpha value is -1.40. The van der Waals surface area contributed by atoms with E-state index in [4.69, 9.17) is 5.73 Å². The summed E-state index contributed by atoms with van der Waals surface area (Å²) < 4.78 is 0.955. The van der Waals surface area contributed by atoms with Crippen molar-refractivity contribution in [1.29, 1.82) is 0 Å². The normalized spacial score (nSPS) is 17.6. The molecule has 4 N–H and O–H groups in total. The van der Waals surface area contributed by atoms with Crippen molar-refractivity contribution in [3.8, 4) is 0 Å². The third-order valence-electron chi connectivity index (χ3n) is 3.37. The van der Waals surface area contributed by atoms with Crippen molar-refractivity contribution in [2.24, 2.45) is 5.73 Å². The van der Waals surface area contributed by atoms with E-state index in [1.54, 1.807) is 0 Å². The molecule has 102 valence electrons. The Bertz CT molecular complexity index is 497. The Labute approximate surface area is 119 Å². The number of aliphatic hydroxyl groups is 1. The van der Waals surface area contributed by atoms with Gasteiger partial charge in [-0.15, -0.1) is 0 Å². The average Bonchev–Trinajstić information content (AvgIpc) is 3.17. The van der Waals surface area contributed by atoms with Crippen LogP contribution in [0.2, 0.25) is 0 Å². The molecule has 0 spiro atoms. The first-order chi connectivity index (χ1) is 8.95. The zero-order valence-corrected chi connectivity index (χ0v) is 11.8. The zero-order valence-electron chi connectivity index (χ0n) is 10.2. The van der Waals surface area contributed by atoms with E-state index >= 15 is 0 Å². The second-order valence-electron chi connectivity index (χ2n) is 4.72. The molecule has 1 aromatic rings. The van der Waals surface area contributed by atoms with E-state index in [0.717, 1.165) is 22.9 Å². The predicted octanol–water partition coefficient (Wildman–Crippen LogP) is 0.443. The molecule has 0 bridgehead atoms. The smallest absolute Gasteiger partial charge is 0.248 e. The fraction of sp³-hybridized carbons (Fsp3) is 0.385. The number of halogens is 1. The number of rotatable bonds is 5. The van der Waals surface area contributed by atoms with E-state index in [0.29, 0.717) is 0 Å². The monoisotopic (exact) mass is 326 g/mol. The summed E-state index contributed by atoms with van der Waals surface area (Å²) in [7, 11) is 0. The molecular weight excluding hydrogens is 312 g/mol. The van der Waals surface area contributed by atoms with Gasteiger partial charge in [-0.05, 0) is 30.5 Å². The van der Waals surface area contributed by atoms with E-state index in [1.807, 2.05) is 24.3 Å². The minimum Gasteiger partial charge on any atom is -0.381 e. The highest BCUT2D eigenvalue weighted by atomic mass is 79.9. The van der Waals surface area contributed by atoms with Gasteiger partial charge in [-0.3, -0.25) is 9.59 Å². The van der Waals surface area contributed by atoms with Crippen molar-refractivity contribution >= 4 is 27.7 Å². The molecule has 5 nitrogen and oxygen atoms in total. The maximum Gasteiger partial charge on any atom is 0.248 e. The zero-order chi connectivity index (χ0) is 14.0. The molecule has 2 amide bonds. The van der Waals surface area contributed by atoms with Gasteiger partial charge in [-0.2, -0.15) is 0 Å². The fourth-order valence-corrected chi connectivity index (χ4v) is 2.26. The molecule has 0 radical (unpaired) electrons. The van der Waals surface area contributed by atoms with Crippen LogP contribution in [0.5, 0.6) is 0 Å². The Morgan fingerprint density at radius 2 is 1.95 bits per heavy atom. The molecule has 1 aromatic carbocycles. The predicted molar refractivity (Wildman–Crippen MR) is 73.3 cm³/mol. The first-order valence-electron chi connectivity index (χ1n) is 5.97. The van der Waals surface area contributed by atoms with Gasteiger partial charge in [-0.25, -0.2) is 0 Å². The van der Waals surface area contributed by atoms with E-state index in [-0.39, 0.29) is 12.5 Å². The second-order valence-corrected chi connectivity index (χ2v) is 5.63. The molecule has 1 atom stereocenters. The minimum atomic E-state index is -1.34. The molecule has 1 aliphatic carbocycles. The molecule has 0 aliphatic heterocycles. The van der Waals surface area contributed by atoms with E-state index in [2.05, 4.69) is 21.2 Å². The third kappa shape index (κ3) is 2.96. The van der Waals surface area contributed by atoms with Crippen LogP contribution in [0, 0.1) is 0 Å². The lowest BCUT2D eigenvalue weighted by atomic mass is 9.95. The molecule has 6 heteroatoms. The minimum absolute atomic E-state index is 0.146. The number of carbonyl (C=O) groups excluding carboxylic acids is 2. The maximum atomic E-state index is 12.2. The number of nitrogens with two attached hydrogens (primary N) is 1. The third-order valence-corrected chi connectivity index (χ3v) is 3.89. The van der Waals surface area contributed by atoms with Gasteiger partial charge < -0.3 is 16.2 Å². The van der Waals surface area contributed by atoms with Crippen LogP contribution in [-0.4, -0.2) is 29.6 Å². The molecule has 1 unspecified atom stereocenters. The molecule has 1 saturated carbocycles. The summed E-state index contributed by atoms with van der Waals surface area (Å²) >= 11 is 3.35. The molecule has 1 aliphatic rings. The number of amides is 2. The number of carbonyl (C=O) groups is 2. The van der Waals surface area contributed by atoms with Gasteiger partial charge in [0, 0.05) is 4.47 Å². The number of nitrogens with one attached hydrogen (secondary N) is 1. The summed E-state index contributed by atoms with van der Waals surface area (Å²) in [6, 6.07) is 7.59. The Morgan fingerprint density at radius 1 is 1.37 bits per heavy atom. The van der Waals surface area contributed by atoms with E-state index in [9.17, 15) is 14.7 Å².